The van der Waals surface area contributed by atoms with E-state index in [2.05, 4.69) is 39.2 Å². The number of anilines is 1. The highest BCUT2D eigenvalue weighted by Crippen LogP contribution is 2.19. The molecule has 2 aromatic rings. The van der Waals surface area contributed by atoms with Crippen LogP contribution in [-0.2, 0) is 7.05 Å². The molecule has 1 N–H and O–H groups in total. The van der Waals surface area contributed by atoms with Gasteiger partial charge in [-0.25, -0.2) is 4.68 Å². The third-order valence-electron chi connectivity index (χ3n) is 2.60. The number of thioether (sulfide) groups is 1. The van der Waals surface area contributed by atoms with E-state index in [9.17, 15) is 0 Å². The van der Waals surface area contributed by atoms with Crippen LogP contribution in [0.4, 0.5) is 5.69 Å². The van der Waals surface area contributed by atoms with Crippen molar-refractivity contribution in [3.63, 3.8) is 0 Å². The minimum absolute atomic E-state index is 0.780. The normalized spacial score (nSPS) is 10.6. The molecule has 18 heavy (non-hydrogen) atoms. The van der Waals surface area contributed by atoms with Crippen molar-refractivity contribution in [2.24, 2.45) is 7.05 Å². The van der Waals surface area contributed by atoms with Crippen LogP contribution in [0.2, 0.25) is 0 Å². The lowest BCUT2D eigenvalue weighted by molar-refractivity contribution is 0.714. The zero-order valence-corrected chi connectivity index (χ0v) is 11.4. The highest BCUT2D eigenvalue weighted by Gasteiger charge is 2.05. The number of aromatic nitrogens is 4. The number of nitrogens with zero attached hydrogens (tertiary/aromatic N) is 4. The molecular weight excluding hydrogens is 246 g/mol. The summed E-state index contributed by atoms with van der Waals surface area (Å²) in [4.78, 5) is 0. The molecule has 0 aliphatic heterocycles. The summed E-state index contributed by atoms with van der Waals surface area (Å²) >= 11 is 1.87. The van der Waals surface area contributed by atoms with Gasteiger partial charge in [0.05, 0.1) is 0 Å². The van der Waals surface area contributed by atoms with Gasteiger partial charge in [0.2, 0.25) is 0 Å². The summed E-state index contributed by atoms with van der Waals surface area (Å²) in [6.45, 7) is 0.987. The first-order valence-corrected chi connectivity index (χ1v) is 7.26. The number of rotatable bonds is 6. The number of hydrogen-bond donors (Lipinski definition) is 1. The fourth-order valence-corrected chi connectivity index (χ4v) is 2.12. The molecule has 0 amide bonds. The average Bonchev–Trinajstić information content (AvgIpc) is 2.81. The lowest BCUT2D eigenvalue weighted by Crippen LogP contribution is -2.02. The first-order chi connectivity index (χ1) is 8.81. The van der Waals surface area contributed by atoms with Gasteiger partial charge in [-0.2, -0.15) is 11.8 Å². The second-order valence-corrected chi connectivity index (χ2v) is 4.97. The summed E-state index contributed by atoms with van der Waals surface area (Å²) in [5.41, 5.74) is 2.13. The van der Waals surface area contributed by atoms with E-state index >= 15 is 0 Å². The van der Waals surface area contributed by atoms with Crippen LogP contribution >= 0.6 is 11.8 Å². The van der Waals surface area contributed by atoms with Crippen LogP contribution in [0.25, 0.3) is 11.4 Å². The van der Waals surface area contributed by atoms with Crippen molar-refractivity contribution in [3.8, 4) is 11.4 Å². The largest absolute Gasteiger partial charge is 0.385 e. The van der Waals surface area contributed by atoms with Crippen LogP contribution in [-0.4, -0.2) is 38.8 Å². The van der Waals surface area contributed by atoms with E-state index in [1.54, 1.807) is 4.68 Å². The average molecular weight is 263 g/mol. The Balaban J connectivity index is 2.04. The highest BCUT2D eigenvalue weighted by atomic mass is 32.2. The van der Waals surface area contributed by atoms with Crippen molar-refractivity contribution in [3.05, 3.63) is 24.3 Å². The van der Waals surface area contributed by atoms with Gasteiger partial charge >= 0.3 is 0 Å². The predicted molar refractivity (Wildman–Crippen MR) is 75.7 cm³/mol. The van der Waals surface area contributed by atoms with E-state index in [1.165, 1.54) is 5.75 Å². The monoisotopic (exact) mass is 263 g/mol. The van der Waals surface area contributed by atoms with Crippen LogP contribution < -0.4 is 5.32 Å². The van der Waals surface area contributed by atoms with Crippen molar-refractivity contribution in [2.45, 2.75) is 6.42 Å². The third-order valence-corrected chi connectivity index (χ3v) is 3.29. The van der Waals surface area contributed by atoms with Crippen LogP contribution in [0.1, 0.15) is 6.42 Å². The van der Waals surface area contributed by atoms with Crippen LogP contribution in [0.5, 0.6) is 0 Å². The van der Waals surface area contributed by atoms with Gasteiger partial charge in [-0.3, -0.25) is 0 Å². The van der Waals surface area contributed by atoms with Crippen LogP contribution in [0.3, 0.4) is 0 Å². The minimum atomic E-state index is 0.780. The molecule has 0 saturated carbocycles. The number of tetrazole rings is 1. The molecule has 0 aliphatic rings. The van der Waals surface area contributed by atoms with Gasteiger partial charge in [-0.15, -0.1) is 5.10 Å². The quantitative estimate of drug-likeness (QED) is 0.808. The molecule has 1 aromatic carbocycles. The Kier molecular flexibility index (Phi) is 4.58. The fourth-order valence-electron chi connectivity index (χ4n) is 1.69. The van der Waals surface area contributed by atoms with E-state index in [0.29, 0.717) is 0 Å². The van der Waals surface area contributed by atoms with Crippen molar-refractivity contribution in [2.75, 3.05) is 23.9 Å². The molecular formula is C12H17N5S. The summed E-state index contributed by atoms with van der Waals surface area (Å²) in [6.07, 6.45) is 3.29. The molecule has 1 heterocycles. The molecule has 96 valence electrons. The van der Waals surface area contributed by atoms with Crippen molar-refractivity contribution < 1.29 is 0 Å². The molecule has 0 fully saturated rings. The summed E-state index contributed by atoms with van der Waals surface area (Å²) in [6, 6.07) is 8.16. The maximum absolute atomic E-state index is 4.01. The van der Waals surface area contributed by atoms with Gasteiger partial charge in [0.25, 0.3) is 0 Å². The first-order valence-electron chi connectivity index (χ1n) is 5.87. The molecule has 1 aromatic heterocycles. The van der Waals surface area contributed by atoms with Gasteiger partial charge in [-0.05, 0) is 41.0 Å². The zero-order valence-electron chi connectivity index (χ0n) is 10.6. The molecule has 2 rings (SSSR count). The predicted octanol–water partition coefficient (Wildman–Crippen LogP) is 2.04. The molecule has 0 bridgehead atoms. The van der Waals surface area contributed by atoms with E-state index in [4.69, 9.17) is 0 Å². The molecule has 0 spiro atoms. The van der Waals surface area contributed by atoms with Gasteiger partial charge < -0.3 is 5.32 Å². The number of nitrogens with one attached hydrogen (secondary N) is 1. The summed E-state index contributed by atoms with van der Waals surface area (Å²) in [7, 11) is 1.84. The maximum atomic E-state index is 4.01. The number of benzene rings is 1. The van der Waals surface area contributed by atoms with E-state index in [0.717, 1.165) is 30.0 Å². The van der Waals surface area contributed by atoms with E-state index in [-0.39, 0.29) is 0 Å². The number of hydrogen-bond acceptors (Lipinski definition) is 5. The summed E-state index contributed by atoms with van der Waals surface area (Å²) in [5.74, 6) is 1.96. The zero-order chi connectivity index (χ0) is 12.8. The highest BCUT2D eigenvalue weighted by molar-refractivity contribution is 7.98. The Morgan fingerprint density at radius 3 is 3.00 bits per heavy atom. The minimum Gasteiger partial charge on any atom is -0.385 e. The SMILES string of the molecule is CSCCCNc1cccc(-c2nnnn2C)c1. The van der Waals surface area contributed by atoms with Crippen LogP contribution in [0.15, 0.2) is 24.3 Å². The Morgan fingerprint density at radius 1 is 1.39 bits per heavy atom. The van der Waals surface area contributed by atoms with Gasteiger partial charge in [-0.1, -0.05) is 12.1 Å². The number of aryl methyl sites for hydroxylation is 1. The lowest BCUT2D eigenvalue weighted by Gasteiger charge is -2.07. The van der Waals surface area contributed by atoms with E-state index < -0.39 is 0 Å². The Hall–Kier alpha value is -1.56. The molecule has 6 heteroatoms. The molecule has 5 nitrogen and oxygen atoms in total. The molecule has 0 atom stereocenters. The summed E-state index contributed by atoms with van der Waals surface area (Å²) in [5, 5.41) is 14.9. The fraction of sp³-hybridized carbons (Fsp3) is 0.417. The maximum Gasteiger partial charge on any atom is 0.181 e. The van der Waals surface area contributed by atoms with E-state index in [1.807, 2.05) is 30.9 Å². The Labute approximate surface area is 111 Å². The topological polar surface area (TPSA) is 55.6 Å². The molecule has 0 radical (unpaired) electrons. The van der Waals surface area contributed by atoms with Gasteiger partial charge in [0.15, 0.2) is 5.82 Å². The lowest BCUT2D eigenvalue weighted by atomic mass is 10.2. The smallest absolute Gasteiger partial charge is 0.181 e. The van der Waals surface area contributed by atoms with Gasteiger partial charge in [0.1, 0.15) is 0 Å². The second-order valence-electron chi connectivity index (χ2n) is 3.98. The van der Waals surface area contributed by atoms with Crippen molar-refractivity contribution in [1.29, 1.82) is 0 Å². The molecule has 0 unspecified atom stereocenters. The summed E-state index contributed by atoms with van der Waals surface area (Å²) < 4.78 is 1.67. The van der Waals surface area contributed by atoms with Gasteiger partial charge in [0, 0.05) is 24.8 Å². The first kappa shape index (κ1) is 12.9. The third kappa shape index (κ3) is 3.22. The molecule has 0 saturated heterocycles. The Morgan fingerprint density at radius 2 is 2.28 bits per heavy atom. The molecule has 0 aliphatic carbocycles. The van der Waals surface area contributed by atoms with Crippen LogP contribution in [0, 0.1) is 0 Å². The Bertz CT molecular complexity index is 497. The second kappa shape index (κ2) is 6.39. The standard InChI is InChI=1S/C12H17N5S/c1-17-12(14-15-16-17)10-5-3-6-11(9-10)13-7-4-8-18-2/h3,5-6,9,13H,4,7-8H2,1-2H3. The van der Waals surface area contributed by atoms with Crippen molar-refractivity contribution in [1.82, 2.24) is 20.2 Å². The van der Waals surface area contributed by atoms with Crippen molar-refractivity contribution >= 4 is 17.4 Å².